The lowest BCUT2D eigenvalue weighted by atomic mass is 10.1. The van der Waals surface area contributed by atoms with Gasteiger partial charge in [-0.15, -0.1) is 34.8 Å². The van der Waals surface area contributed by atoms with E-state index in [1.165, 1.54) is 0 Å². The molecule has 82 valence electrons. The van der Waals surface area contributed by atoms with Gasteiger partial charge in [0.05, 0.1) is 6.07 Å². The summed E-state index contributed by atoms with van der Waals surface area (Å²) in [6.07, 6.45) is 0.766. The molecule has 0 aromatic heterocycles. The maximum Gasteiger partial charge on any atom is 0.195 e. The number of nitriles is 1. The van der Waals surface area contributed by atoms with Crippen LogP contribution in [0.3, 0.4) is 0 Å². The molecule has 0 aliphatic rings. The third kappa shape index (κ3) is 5.95. The maximum atomic E-state index is 8.44. The van der Waals surface area contributed by atoms with Crippen LogP contribution < -0.4 is 0 Å². The van der Waals surface area contributed by atoms with Gasteiger partial charge in [-0.05, 0) is 12.8 Å². The molecule has 0 spiro atoms. The molecule has 0 bridgehead atoms. The molecule has 0 saturated heterocycles. The monoisotopic (exact) mass is 315 g/mol. The Morgan fingerprint density at radius 2 is 1.57 bits per heavy atom. The summed E-state index contributed by atoms with van der Waals surface area (Å²) in [5, 5.41) is 7.83. The zero-order chi connectivity index (χ0) is 11.4. The van der Waals surface area contributed by atoms with Gasteiger partial charge < -0.3 is 0 Å². The highest BCUT2D eigenvalue weighted by molar-refractivity contribution is 6.68. The minimum Gasteiger partial charge on any atom is -0.197 e. The molecule has 1 nitrogen and oxygen atoms in total. The molecule has 0 aliphatic carbocycles. The molecule has 2 atom stereocenters. The maximum absolute atomic E-state index is 8.44. The van der Waals surface area contributed by atoms with E-state index in [4.69, 9.17) is 74.9 Å². The fourth-order valence-corrected chi connectivity index (χ4v) is 2.67. The molecular weight excluding hydrogens is 311 g/mol. The van der Waals surface area contributed by atoms with E-state index < -0.39 is 19.9 Å². The molecule has 0 aromatic rings. The number of hydrogen-bond donors (Lipinski definition) is 0. The van der Waals surface area contributed by atoms with Crippen molar-refractivity contribution in [3.63, 3.8) is 0 Å². The van der Waals surface area contributed by atoms with Crippen LogP contribution in [-0.4, -0.2) is 14.0 Å². The van der Waals surface area contributed by atoms with Crippen LogP contribution in [0, 0.1) is 17.2 Å². The summed E-state index contributed by atoms with van der Waals surface area (Å²) >= 11 is 33.8. The van der Waals surface area contributed by atoms with Gasteiger partial charge in [0.2, 0.25) is 0 Å². The van der Waals surface area contributed by atoms with E-state index in [0.717, 1.165) is 0 Å². The normalized spacial score (nSPS) is 16.4. The topological polar surface area (TPSA) is 23.8 Å². The van der Waals surface area contributed by atoms with Crippen molar-refractivity contribution in [1.29, 1.82) is 5.26 Å². The standard InChI is InChI=1S/C7H7Cl6N/c8-4(3-14)1-2-5(6(9)10)7(11,12)13/h4-6H,1-2H2. The van der Waals surface area contributed by atoms with Gasteiger partial charge in [0.15, 0.2) is 3.79 Å². The molecule has 14 heavy (non-hydrogen) atoms. The Balaban J connectivity index is 4.21. The Kier molecular flexibility index (Phi) is 7.33. The minimum atomic E-state index is -1.54. The average Bonchev–Trinajstić information content (AvgIpc) is 2.01. The second-order valence-corrected chi connectivity index (χ2v) is 6.72. The first-order valence-corrected chi connectivity index (χ1v) is 6.12. The highest BCUT2D eigenvalue weighted by Crippen LogP contribution is 2.42. The third-order valence-electron chi connectivity index (χ3n) is 1.60. The second-order valence-electron chi connectivity index (χ2n) is 2.66. The van der Waals surface area contributed by atoms with Gasteiger partial charge in [-0.25, -0.2) is 0 Å². The first kappa shape index (κ1) is 15.2. The van der Waals surface area contributed by atoms with Crippen LogP contribution in [0.15, 0.2) is 0 Å². The van der Waals surface area contributed by atoms with Gasteiger partial charge in [-0.1, -0.05) is 34.8 Å². The Morgan fingerprint density at radius 3 is 1.86 bits per heavy atom. The van der Waals surface area contributed by atoms with Gasteiger partial charge in [-0.3, -0.25) is 0 Å². The Bertz CT molecular complexity index is 205. The van der Waals surface area contributed by atoms with Crippen LogP contribution in [0.2, 0.25) is 0 Å². The smallest absolute Gasteiger partial charge is 0.195 e. The van der Waals surface area contributed by atoms with Crippen LogP contribution in [-0.2, 0) is 0 Å². The predicted molar refractivity (Wildman–Crippen MR) is 63.8 cm³/mol. The van der Waals surface area contributed by atoms with Crippen molar-refractivity contribution in [1.82, 2.24) is 0 Å². The highest BCUT2D eigenvalue weighted by atomic mass is 35.6. The fourth-order valence-electron chi connectivity index (χ4n) is 0.823. The molecule has 0 amide bonds. The van der Waals surface area contributed by atoms with Gasteiger partial charge in [0, 0.05) is 5.92 Å². The summed E-state index contributed by atoms with van der Waals surface area (Å²) in [7, 11) is 0. The van der Waals surface area contributed by atoms with Crippen molar-refractivity contribution in [3.8, 4) is 6.07 Å². The van der Waals surface area contributed by atoms with Crippen molar-refractivity contribution in [3.05, 3.63) is 0 Å². The first-order valence-electron chi connectivity index (χ1n) is 3.67. The molecule has 0 rings (SSSR count). The second kappa shape index (κ2) is 6.74. The lowest BCUT2D eigenvalue weighted by molar-refractivity contribution is 0.511. The molecule has 0 fully saturated rings. The first-order chi connectivity index (χ1) is 6.29. The summed E-state index contributed by atoms with van der Waals surface area (Å²) in [5.74, 6) is -0.537. The Labute approximate surface area is 113 Å². The van der Waals surface area contributed by atoms with E-state index in [-0.39, 0.29) is 0 Å². The predicted octanol–water partition coefficient (Wildman–Crippen LogP) is 4.69. The van der Waals surface area contributed by atoms with E-state index in [2.05, 4.69) is 0 Å². The molecule has 0 radical (unpaired) electrons. The van der Waals surface area contributed by atoms with Crippen LogP contribution in [0.5, 0.6) is 0 Å². The zero-order valence-electron chi connectivity index (χ0n) is 6.86. The van der Waals surface area contributed by atoms with E-state index in [0.29, 0.717) is 12.8 Å². The van der Waals surface area contributed by atoms with E-state index >= 15 is 0 Å². The van der Waals surface area contributed by atoms with Crippen LogP contribution in [0.4, 0.5) is 0 Å². The largest absolute Gasteiger partial charge is 0.197 e. The Morgan fingerprint density at radius 1 is 1.07 bits per heavy atom. The number of alkyl halides is 6. The molecular formula is C7H7Cl6N. The molecule has 0 N–H and O–H groups in total. The van der Waals surface area contributed by atoms with Crippen molar-refractivity contribution in [2.75, 3.05) is 0 Å². The van der Waals surface area contributed by atoms with Crippen molar-refractivity contribution in [2.45, 2.75) is 26.8 Å². The van der Waals surface area contributed by atoms with Gasteiger partial charge in [-0.2, -0.15) is 5.26 Å². The van der Waals surface area contributed by atoms with E-state index in [1.54, 1.807) is 0 Å². The van der Waals surface area contributed by atoms with Crippen molar-refractivity contribution >= 4 is 69.6 Å². The van der Waals surface area contributed by atoms with Crippen molar-refractivity contribution < 1.29 is 0 Å². The molecule has 0 saturated carbocycles. The van der Waals surface area contributed by atoms with E-state index in [1.807, 2.05) is 6.07 Å². The van der Waals surface area contributed by atoms with Crippen LogP contribution in [0.1, 0.15) is 12.8 Å². The molecule has 7 heteroatoms. The molecule has 2 unspecified atom stereocenters. The summed E-state index contributed by atoms with van der Waals surface area (Å²) in [4.78, 5) is -0.801. The van der Waals surface area contributed by atoms with Gasteiger partial charge in [0.25, 0.3) is 0 Å². The van der Waals surface area contributed by atoms with Gasteiger partial charge in [0.1, 0.15) is 10.2 Å². The summed E-state index contributed by atoms with van der Waals surface area (Å²) < 4.78 is -1.54. The zero-order valence-corrected chi connectivity index (χ0v) is 11.4. The Hall–Kier alpha value is 1.23. The van der Waals surface area contributed by atoms with E-state index in [9.17, 15) is 0 Å². The third-order valence-corrected chi connectivity index (χ3v) is 3.36. The summed E-state index contributed by atoms with van der Waals surface area (Å²) in [6.45, 7) is 0. The number of hydrogen-bond acceptors (Lipinski definition) is 1. The summed E-state index contributed by atoms with van der Waals surface area (Å²) in [5.41, 5.74) is 0. The molecule has 0 aromatic carbocycles. The number of halogens is 6. The minimum absolute atomic E-state index is 0.382. The number of rotatable bonds is 4. The SMILES string of the molecule is N#CC(Cl)CCC(C(Cl)Cl)C(Cl)(Cl)Cl. The van der Waals surface area contributed by atoms with Gasteiger partial charge >= 0.3 is 0 Å². The van der Waals surface area contributed by atoms with Crippen molar-refractivity contribution in [2.24, 2.45) is 5.92 Å². The molecule has 0 heterocycles. The summed E-state index contributed by atoms with van der Waals surface area (Å²) in [6, 6.07) is 1.86. The number of nitrogens with zero attached hydrogens (tertiary/aromatic N) is 1. The average molecular weight is 318 g/mol. The molecule has 0 aliphatic heterocycles. The highest BCUT2D eigenvalue weighted by Gasteiger charge is 2.37. The van der Waals surface area contributed by atoms with Crippen LogP contribution in [0.25, 0.3) is 0 Å². The fraction of sp³-hybridized carbons (Fsp3) is 0.857. The quantitative estimate of drug-likeness (QED) is 0.690. The lowest BCUT2D eigenvalue weighted by Crippen LogP contribution is -2.26. The lowest BCUT2D eigenvalue weighted by Gasteiger charge is -2.25. The van der Waals surface area contributed by atoms with Crippen LogP contribution >= 0.6 is 69.6 Å².